The van der Waals surface area contributed by atoms with E-state index in [9.17, 15) is 4.79 Å². The van der Waals surface area contributed by atoms with Gasteiger partial charge in [-0.25, -0.2) is 4.98 Å². The first-order valence-electron chi connectivity index (χ1n) is 4.20. The van der Waals surface area contributed by atoms with Crippen molar-refractivity contribution in [1.29, 1.82) is 0 Å². The lowest BCUT2D eigenvalue weighted by Gasteiger charge is -2.00. The topological polar surface area (TPSA) is 93.6 Å². The minimum absolute atomic E-state index is 0.101. The maximum absolute atomic E-state index is 11.6. The van der Waals surface area contributed by atoms with Gasteiger partial charge in [-0.3, -0.25) is 10.1 Å². The van der Waals surface area contributed by atoms with Gasteiger partial charge in [0.25, 0.3) is 5.91 Å². The third-order valence-electron chi connectivity index (χ3n) is 1.57. The van der Waals surface area contributed by atoms with Gasteiger partial charge in [0, 0.05) is 0 Å². The number of aromatic nitrogens is 5. The highest BCUT2D eigenvalue weighted by Crippen LogP contribution is 2.03. The number of halogens is 1. The molecule has 80 valence electrons. The summed E-state index contributed by atoms with van der Waals surface area (Å²) in [7, 11) is 0. The van der Waals surface area contributed by atoms with Crippen LogP contribution in [0, 0.1) is 0 Å². The molecule has 0 aliphatic rings. The minimum atomic E-state index is -0.475. The van der Waals surface area contributed by atoms with Crippen molar-refractivity contribution < 1.29 is 4.79 Å². The molecule has 0 radical (unpaired) electrons. The Balaban J connectivity index is 2.12. The SMILES string of the molecule is O=C(Nc1nccnn1)c1ccc(Cl)nn1. The van der Waals surface area contributed by atoms with Crippen molar-refractivity contribution in [2.24, 2.45) is 0 Å². The lowest BCUT2D eigenvalue weighted by atomic mass is 10.4. The first-order valence-corrected chi connectivity index (χ1v) is 4.58. The van der Waals surface area contributed by atoms with Gasteiger partial charge in [-0.15, -0.1) is 15.3 Å². The van der Waals surface area contributed by atoms with Crippen LogP contribution in [-0.4, -0.2) is 31.3 Å². The zero-order chi connectivity index (χ0) is 11.4. The molecule has 1 N–H and O–H groups in total. The van der Waals surface area contributed by atoms with E-state index in [1.54, 1.807) is 0 Å². The third-order valence-corrected chi connectivity index (χ3v) is 1.77. The van der Waals surface area contributed by atoms with Crippen LogP contribution in [0.4, 0.5) is 5.95 Å². The van der Waals surface area contributed by atoms with Crippen LogP contribution in [0.3, 0.4) is 0 Å². The molecule has 2 heterocycles. The summed E-state index contributed by atoms with van der Waals surface area (Å²) in [5.74, 6) is -0.374. The molecule has 2 rings (SSSR count). The van der Waals surface area contributed by atoms with Crippen molar-refractivity contribution in [3.8, 4) is 0 Å². The molecule has 0 aliphatic heterocycles. The first-order chi connectivity index (χ1) is 7.75. The molecular weight excluding hydrogens is 232 g/mol. The fourth-order valence-corrected chi connectivity index (χ4v) is 1.01. The second-order valence-corrected chi connectivity index (χ2v) is 3.05. The van der Waals surface area contributed by atoms with Crippen LogP contribution in [0.1, 0.15) is 10.5 Å². The monoisotopic (exact) mass is 236 g/mol. The maximum Gasteiger partial charge on any atom is 0.278 e. The van der Waals surface area contributed by atoms with Crippen LogP contribution in [-0.2, 0) is 0 Å². The second-order valence-electron chi connectivity index (χ2n) is 2.66. The summed E-state index contributed by atoms with van der Waals surface area (Å²) in [5, 5.41) is 16.9. The molecule has 16 heavy (non-hydrogen) atoms. The average molecular weight is 237 g/mol. The van der Waals surface area contributed by atoms with Crippen LogP contribution < -0.4 is 5.32 Å². The van der Waals surface area contributed by atoms with E-state index in [2.05, 4.69) is 30.7 Å². The average Bonchev–Trinajstić information content (AvgIpc) is 2.31. The highest BCUT2D eigenvalue weighted by molar-refractivity contribution is 6.29. The molecular formula is C8H5ClN6O. The van der Waals surface area contributed by atoms with Gasteiger partial charge in [0.2, 0.25) is 5.95 Å². The minimum Gasteiger partial charge on any atom is -0.288 e. The number of hydrogen-bond donors (Lipinski definition) is 1. The fourth-order valence-electron chi connectivity index (χ4n) is 0.908. The number of nitrogens with one attached hydrogen (secondary N) is 1. The molecule has 0 aromatic carbocycles. The zero-order valence-corrected chi connectivity index (χ0v) is 8.59. The molecule has 0 atom stereocenters. The van der Waals surface area contributed by atoms with Gasteiger partial charge in [-0.2, -0.15) is 5.10 Å². The van der Waals surface area contributed by atoms with E-state index in [4.69, 9.17) is 11.6 Å². The van der Waals surface area contributed by atoms with E-state index in [1.165, 1.54) is 24.5 Å². The predicted molar refractivity (Wildman–Crippen MR) is 54.8 cm³/mol. The summed E-state index contributed by atoms with van der Waals surface area (Å²) in [6.07, 6.45) is 2.81. The lowest BCUT2D eigenvalue weighted by Crippen LogP contribution is -2.16. The summed E-state index contributed by atoms with van der Waals surface area (Å²) in [6.45, 7) is 0. The van der Waals surface area contributed by atoms with Crippen molar-refractivity contribution >= 4 is 23.5 Å². The zero-order valence-electron chi connectivity index (χ0n) is 7.83. The Morgan fingerprint density at radius 1 is 1.19 bits per heavy atom. The van der Waals surface area contributed by atoms with E-state index in [1.807, 2.05) is 0 Å². The van der Waals surface area contributed by atoms with E-state index in [0.29, 0.717) is 0 Å². The van der Waals surface area contributed by atoms with Gasteiger partial charge in [0.15, 0.2) is 10.8 Å². The van der Waals surface area contributed by atoms with Gasteiger partial charge in [0.05, 0.1) is 12.4 Å². The quantitative estimate of drug-likeness (QED) is 0.819. The molecule has 0 saturated carbocycles. The van der Waals surface area contributed by atoms with Crippen molar-refractivity contribution in [2.45, 2.75) is 0 Å². The van der Waals surface area contributed by atoms with E-state index in [0.717, 1.165) is 0 Å². The Labute approximate surface area is 94.9 Å². The molecule has 2 aromatic heterocycles. The summed E-state index contributed by atoms with van der Waals surface area (Å²) >= 11 is 5.54. The number of carbonyl (C=O) groups excluding carboxylic acids is 1. The summed E-state index contributed by atoms with van der Waals surface area (Å²) in [6, 6.07) is 2.91. The number of rotatable bonds is 2. The summed E-state index contributed by atoms with van der Waals surface area (Å²) in [4.78, 5) is 15.3. The van der Waals surface area contributed by atoms with Crippen molar-refractivity contribution in [3.63, 3.8) is 0 Å². The molecule has 0 bridgehead atoms. The maximum atomic E-state index is 11.6. The van der Waals surface area contributed by atoms with Crippen LogP contribution >= 0.6 is 11.6 Å². The smallest absolute Gasteiger partial charge is 0.278 e. The van der Waals surface area contributed by atoms with Gasteiger partial charge in [-0.1, -0.05) is 11.6 Å². The van der Waals surface area contributed by atoms with Crippen LogP contribution in [0.25, 0.3) is 0 Å². The number of anilines is 1. The number of nitrogens with zero attached hydrogens (tertiary/aromatic N) is 5. The lowest BCUT2D eigenvalue weighted by molar-refractivity contribution is 0.102. The highest BCUT2D eigenvalue weighted by atomic mass is 35.5. The van der Waals surface area contributed by atoms with Crippen molar-refractivity contribution in [2.75, 3.05) is 5.32 Å². The predicted octanol–water partition coefficient (Wildman–Crippen LogP) is 0.567. The largest absolute Gasteiger partial charge is 0.288 e. The van der Waals surface area contributed by atoms with Gasteiger partial charge < -0.3 is 0 Å². The number of amides is 1. The Bertz CT molecular complexity index is 488. The summed E-state index contributed by atoms with van der Waals surface area (Å²) in [5.41, 5.74) is 0.122. The van der Waals surface area contributed by atoms with Crippen LogP contribution in [0.15, 0.2) is 24.5 Å². The van der Waals surface area contributed by atoms with Gasteiger partial charge in [0.1, 0.15) is 0 Å². The van der Waals surface area contributed by atoms with E-state index < -0.39 is 5.91 Å². The fraction of sp³-hybridized carbons (Fsp3) is 0. The molecule has 0 unspecified atom stereocenters. The molecule has 0 aliphatic carbocycles. The Hall–Kier alpha value is -2.15. The second kappa shape index (κ2) is 4.58. The van der Waals surface area contributed by atoms with Crippen LogP contribution in [0.5, 0.6) is 0 Å². The Morgan fingerprint density at radius 2 is 2.06 bits per heavy atom. The molecule has 0 saturated heterocycles. The molecule has 8 heteroatoms. The number of carbonyl (C=O) groups is 1. The Morgan fingerprint density at radius 3 is 2.69 bits per heavy atom. The van der Waals surface area contributed by atoms with Crippen molar-refractivity contribution in [1.82, 2.24) is 25.4 Å². The van der Waals surface area contributed by atoms with Crippen molar-refractivity contribution in [3.05, 3.63) is 35.4 Å². The summed E-state index contributed by atoms with van der Waals surface area (Å²) < 4.78 is 0. The third kappa shape index (κ3) is 2.45. The van der Waals surface area contributed by atoms with E-state index >= 15 is 0 Å². The van der Waals surface area contributed by atoms with Gasteiger partial charge in [-0.05, 0) is 12.1 Å². The first kappa shape index (κ1) is 10.4. The normalized spacial score (nSPS) is 9.81. The molecule has 1 amide bonds. The molecule has 7 nitrogen and oxygen atoms in total. The van der Waals surface area contributed by atoms with E-state index in [-0.39, 0.29) is 16.8 Å². The molecule has 2 aromatic rings. The molecule has 0 spiro atoms. The highest BCUT2D eigenvalue weighted by Gasteiger charge is 2.09. The molecule has 0 fully saturated rings. The number of hydrogen-bond acceptors (Lipinski definition) is 6. The Kier molecular flexibility index (Phi) is 2.97. The van der Waals surface area contributed by atoms with Crippen LogP contribution in [0.2, 0.25) is 5.15 Å². The standard InChI is InChI=1S/C8H5ClN6O/c9-6-2-1-5(13-14-6)7(16)12-8-10-3-4-11-15-8/h1-4H,(H,10,12,15,16). The van der Waals surface area contributed by atoms with Gasteiger partial charge >= 0.3 is 0 Å².